The van der Waals surface area contributed by atoms with Gasteiger partial charge in [-0.1, -0.05) is 0 Å². The van der Waals surface area contributed by atoms with Crippen LogP contribution in [0.1, 0.15) is 0 Å². The first kappa shape index (κ1) is 34.0. The van der Waals surface area contributed by atoms with Crippen molar-refractivity contribution in [3.05, 3.63) is 0 Å². The van der Waals surface area contributed by atoms with Gasteiger partial charge in [-0.25, -0.2) is 0 Å². The molecule has 58 valence electrons. The summed E-state index contributed by atoms with van der Waals surface area (Å²) in [4.78, 5) is 0. The average Bonchev–Trinajstić information content (AvgIpc) is 2.03. The summed E-state index contributed by atoms with van der Waals surface area (Å²) in [5.41, 5.74) is 0. The second kappa shape index (κ2) is 2200. The van der Waals surface area contributed by atoms with Crippen LogP contribution in [0.5, 0.6) is 0 Å². The first-order valence-electron chi connectivity index (χ1n) is 1.79. The van der Waals surface area contributed by atoms with E-state index in [4.69, 9.17) is 20.4 Å². The van der Waals surface area contributed by atoms with E-state index in [0.29, 0.717) is 0 Å². The van der Waals surface area contributed by atoms with E-state index in [1.165, 1.54) is 0 Å². The molecule has 0 atom stereocenters. The maximum absolute atomic E-state index is 7.00. The zero-order valence-electron chi connectivity index (χ0n) is 6.50. The SMILES string of the molecule is CO.CO.CO.CO.[Zn]. The van der Waals surface area contributed by atoms with Gasteiger partial charge in [0.25, 0.3) is 0 Å². The van der Waals surface area contributed by atoms with Gasteiger partial charge in [-0.3, -0.25) is 0 Å². The molecule has 0 saturated carbocycles. The molecule has 0 amide bonds. The minimum absolute atomic E-state index is 0. The van der Waals surface area contributed by atoms with Crippen molar-refractivity contribution in [1.82, 2.24) is 0 Å². The number of aliphatic hydroxyl groups is 4. The zero-order chi connectivity index (χ0) is 8.00. The van der Waals surface area contributed by atoms with Crippen LogP contribution in [-0.4, -0.2) is 48.9 Å². The molecule has 4 nitrogen and oxygen atoms in total. The Balaban J connectivity index is -0.00000000762. The standard InChI is InChI=1S/4CH4O.Zn/c4*1-2;/h4*2H,1H3;. The van der Waals surface area contributed by atoms with Crippen LogP contribution in [0.25, 0.3) is 0 Å². The fourth-order valence-electron chi connectivity index (χ4n) is 0. The number of hydrogen-bond acceptors (Lipinski definition) is 4. The van der Waals surface area contributed by atoms with Crippen LogP contribution in [0, 0.1) is 0 Å². The Labute approximate surface area is 68.9 Å². The Morgan fingerprint density at radius 1 is 0.444 bits per heavy atom. The predicted molar refractivity (Wildman–Crippen MR) is 32.6 cm³/mol. The normalized spacial score (nSPS) is 2.67. The van der Waals surface area contributed by atoms with Crippen LogP contribution in [0.3, 0.4) is 0 Å². The van der Waals surface area contributed by atoms with Crippen molar-refractivity contribution in [3.8, 4) is 0 Å². The molecule has 4 N–H and O–H groups in total. The van der Waals surface area contributed by atoms with Gasteiger partial charge in [-0.15, -0.1) is 0 Å². The average molecular weight is 194 g/mol. The van der Waals surface area contributed by atoms with E-state index in [2.05, 4.69) is 0 Å². The molecular formula is C4H16O4Zn. The molecule has 0 aliphatic heterocycles. The van der Waals surface area contributed by atoms with E-state index in [9.17, 15) is 0 Å². The fraction of sp³-hybridized carbons (Fsp3) is 1.00. The van der Waals surface area contributed by atoms with E-state index >= 15 is 0 Å². The molecule has 5 heteroatoms. The summed E-state index contributed by atoms with van der Waals surface area (Å²) < 4.78 is 0. The smallest absolute Gasteiger partial charge is 0.0319 e. The van der Waals surface area contributed by atoms with Crippen molar-refractivity contribution in [2.24, 2.45) is 0 Å². The third-order valence-electron chi connectivity index (χ3n) is 0. The second-order valence-electron chi connectivity index (χ2n) is 0. The van der Waals surface area contributed by atoms with E-state index in [1.54, 1.807) is 0 Å². The zero-order valence-corrected chi connectivity index (χ0v) is 9.46. The molecule has 0 aliphatic rings. The summed E-state index contributed by atoms with van der Waals surface area (Å²) in [5.74, 6) is 0. The van der Waals surface area contributed by atoms with E-state index in [-0.39, 0.29) is 19.5 Å². The monoisotopic (exact) mass is 192 g/mol. The van der Waals surface area contributed by atoms with Crippen LogP contribution < -0.4 is 0 Å². The third kappa shape index (κ3) is 1650. The second-order valence-corrected chi connectivity index (χ2v) is 0. The molecule has 0 spiro atoms. The molecule has 0 aliphatic carbocycles. The summed E-state index contributed by atoms with van der Waals surface area (Å²) >= 11 is 0. The number of rotatable bonds is 0. The van der Waals surface area contributed by atoms with E-state index in [1.807, 2.05) is 0 Å². The summed E-state index contributed by atoms with van der Waals surface area (Å²) in [6.07, 6.45) is 0. The molecular weight excluding hydrogens is 177 g/mol. The Bertz CT molecular complexity index is 12.5. The summed E-state index contributed by atoms with van der Waals surface area (Å²) in [5, 5.41) is 28.0. The van der Waals surface area contributed by atoms with E-state index in [0.717, 1.165) is 28.4 Å². The Kier molecular flexibility index (Phi) is 8300. The Morgan fingerprint density at radius 2 is 0.444 bits per heavy atom. The summed E-state index contributed by atoms with van der Waals surface area (Å²) in [7, 11) is 4.00. The molecule has 0 saturated heterocycles. The minimum atomic E-state index is 0. The Hall–Kier alpha value is 0.463. The van der Waals surface area contributed by atoms with Crippen LogP contribution in [0.4, 0.5) is 0 Å². The predicted octanol–water partition coefficient (Wildman–Crippen LogP) is -1.57. The topological polar surface area (TPSA) is 80.9 Å². The van der Waals surface area contributed by atoms with Crippen molar-refractivity contribution in [3.63, 3.8) is 0 Å². The number of aliphatic hydroxyl groups excluding tert-OH is 4. The molecule has 0 aromatic rings. The van der Waals surface area contributed by atoms with Crippen LogP contribution in [-0.2, 0) is 19.5 Å². The van der Waals surface area contributed by atoms with Crippen LogP contribution >= 0.6 is 0 Å². The minimum Gasteiger partial charge on any atom is -0.400 e. The molecule has 0 bridgehead atoms. The molecule has 0 radical (unpaired) electrons. The van der Waals surface area contributed by atoms with Crippen molar-refractivity contribution < 1.29 is 39.9 Å². The van der Waals surface area contributed by atoms with Gasteiger partial charge in [0.05, 0.1) is 0 Å². The number of hydrogen-bond donors (Lipinski definition) is 4. The van der Waals surface area contributed by atoms with E-state index < -0.39 is 0 Å². The molecule has 0 fully saturated rings. The van der Waals surface area contributed by atoms with Gasteiger partial charge in [-0.2, -0.15) is 0 Å². The largest absolute Gasteiger partial charge is 0.400 e. The first-order chi connectivity index (χ1) is 4.00. The maximum atomic E-state index is 7.00. The van der Waals surface area contributed by atoms with Gasteiger partial charge in [0.15, 0.2) is 0 Å². The van der Waals surface area contributed by atoms with Crippen molar-refractivity contribution >= 4 is 0 Å². The first-order valence-corrected chi connectivity index (χ1v) is 1.79. The fourth-order valence-corrected chi connectivity index (χ4v) is 0. The molecule has 0 heterocycles. The molecule has 0 aromatic heterocycles. The van der Waals surface area contributed by atoms with Gasteiger partial charge in [-0.05, 0) is 0 Å². The van der Waals surface area contributed by atoms with Crippen molar-refractivity contribution in [1.29, 1.82) is 0 Å². The van der Waals surface area contributed by atoms with Gasteiger partial charge < -0.3 is 20.4 Å². The quantitative estimate of drug-likeness (QED) is 0.351. The third-order valence-corrected chi connectivity index (χ3v) is 0. The van der Waals surface area contributed by atoms with Crippen molar-refractivity contribution in [2.45, 2.75) is 0 Å². The molecule has 0 aromatic carbocycles. The van der Waals surface area contributed by atoms with Gasteiger partial charge in [0.2, 0.25) is 0 Å². The maximum Gasteiger partial charge on any atom is 0.0319 e. The van der Waals surface area contributed by atoms with Crippen molar-refractivity contribution in [2.75, 3.05) is 28.4 Å². The van der Waals surface area contributed by atoms with Crippen LogP contribution in [0.15, 0.2) is 0 Å². The van der Waals surface area contributed by atoms with Gasteiger partial charge in [0, 0.05) is 47.9 Å². The summed E-state index contributed by atoms with van der Waals surface area (Å²) in [6.45, 7) is 0. The van der Waals surface area contributed by atoms with Gasteiger partial charge in [0.1, 0.15) is 0 Å². The summed E-state index contributed by atoms with van der Waals surface area (Å²) in [6, 6.07) is 0. The molecule has 0 unspecified atom stereocenters. The molecule has 0 rings (SSSR count). The molecule has 9 heavy (non-hydrogen) atoms. The van der Waals surface area contributed by atoms with Crippen LogP contribution in [0.2, 0.25) is 0 Å². The Morgan fingerprint density at radius 3 is 0.444 bits per heavy atom. The van der Waals surface area contributed by atoms with Gasteiger partial charge >= 0.3 is 0 Å².